The van der Waals surface area contributed by atoms with E-state index in [2.05, 4.69) is 46.6 Å². The first kappa shape index (κ1) is 25.1. The summed E-state index contributed by atoms with van der Waals surface area (Å²) in [6.45, 7) is 9.69. The number of nitrogens with one attached hydrogen (secondary N) is 2. The Kier molecular flexibility index (Phi) is 7.19. The maximum absolute atomic E-state index is 12.9. The number of nitrogens with two attached hydrogens (primary N) is 1. The predicted octanol–water partition coefficient (Wildman–Crippen LogP) is 3.72. The molecule has 1 atom stereocenters. The van der Waals surface area contributed by atoms with Gasteiger partial charge in [-0.1, -0.05) is 50.6 Å². The summed E-state index contributed by atoms with van der Waals surface area (Å²) in [6.07, 6.45) is 1.71. The molecule has 0 bridgehead atoms. The first-order valence-corrected chi connectivity index (χ1v) is 12.1. The lowest BCUT2D eigenvalue weighted by atomic mass is 9.86. The van der Waals surface area contributed by atoms with Crippen molar-refractivity contribution in [3.63, 3.8) is 0 Å². The van der Waals surface area contributed by atoms with Gasteiger partial charge in [0.25, 0.3) is 11.8 Å². The zero-order valence-corrected chi connectivity index (χ0v) is 21.2. The predicted molar refractivity (Wildman–Crippen MR) is 141 cm³/mol. The van der Waals surface area contributed by atoms with Crippen LogP contribution in [0.3, 0.4) is 0 Å². The van der Waals surface area contributed by atoms with Crippen molar-refractivity contribution in [1.82, 2.24) is 20.5 Å². The molecule has 1 saturated heterocycles. The minimum Gasteiger partial charge on any atom is -0.364 e. The van der Waals surface area contributed by atoms with E-state index < -0.39 is 5.91 Å². The summed E-state index contributed by atoms with van der Waals surface area (Å²) in [4.78, 5) is 31.3. The maximum atomic E-state index is 12.9. The molecule has 1 fully saturated rings. The van der Waals surface area contributed by atoms with Crippen molar-refractivity contribution in [2.45, 2.75) is 52.0 Å². The molecular formula is C27H33N7O2. The van der Waals surface area contributed by atoms with Gasteiger partial charge in [0.2, 0.25) is 5.95 Å². The smallest absolute Gasteiger partial charge is 0.273 e. The van der Waals surface area contributed by atoms with Gasteiger partial charge < -0.3 is 21.3 Å². The molecule has 4 rings (SSSR count). The normalized spacial score (nSPS) is 15.9. The van der Waals surface area contributed by atoms with Crippen LogP contribution in [0.25, 0.3) is 0 Å². The zero-order chi connectivity index (χ0) is 25.9. The highest BCUT2D eigenvalue weighted by atomic mass is 16.2. The van der Waals surface area contributed by atoms with Gasteiger partial charge in [-0.25, -0.2) is 0 Å². The molecule has 1 aromatic heterocycles. The molecule has 0 spiro atoms. The number of aromatic nitrogens is 3. The van der Waals surface area contributed by atoms with E-state index in [0.29, 0.717) is 24.6 Å². The molecule has 1 aliphatic heterocycles. The Morgan fingerprint density at radius 3 is 2.36 bits per heavy atom. The second-order valence-electron chi connectivity index (χ2n) is 10.3. The lowest BCUT2D eigenvalue weighted by Crippen LogP contribution is -2.48. The van der Waals surface area contributed by atoms with Crippen LogP contribution in [0.1, 0.15) is 65.6 Å². The third-order valence-electron chi connectivity index (χ3n) is 6.28. The van der Waals surface area contributed by atoms with Crippen molar-refractivity contribution in [3.05, 3.63) is 70.9 Å². The maximum Gasteiger partial charge on any atom is 0.273 e. The highest BCUT2D eigenvalue weighted by Crippen LogP contribution is 2.24. The van der Waals surface area contributed by atoms with Gasteiger partial charge in [-0.3, -0.25) is 9.59 Å². The molecule has 3 aromatic rings. The summed E-state index contributed by atoms with van der Waals surface area (Å²) in [5.74, 6) is -0.186. The van der Waals surface area contributed by atoms with E-state index in [4.69, 9.17) is 5.73 Å². The van der Waals surface area contributed by atoms with Crippen molar-refractivity contribution < 1.29 is 9.59 Å². The van der Waals surface area contributed by atoms with Crippen molar-refractivity contribution in [2.24, 2.45) is 5.73 Å². The van der Waals surface area contributed by atoms with Gasteiger partial charge in [-0.05, 0) is 55.0 Å². The number of rotatable bonds is 6. The van der Waals surface area contributed by atoms with Crippen LogP contribution in [0, 0.1) is 6.92 Å². The van der Waals surface area contributed by atoms with E-state index in [1.807, 2.05) is 60.4 Å². The molecule has 0 aliphatic carbocycles. The molecule has 9 nitrogen and oxygen atoms in total. The van der Waals surface area contributed by atoms with Crippen molar-refractivity contribution in [3.8, 4) is 0 Å². The molecule has 0 saturated carbocycles. The Morgan fingerprint density at radius 2 is 1.72 bits per heavy atom. The number of hydrogen-bond donors (Lipinski definition) is 3. The largest absolute Gasteiger partial charge is 0.364 e. The Balaban J connectivity index is 1.47. The number of hydrogen-bond acceptors (Lipinski definition) is 7. The van der Waals surface area contributed by atoms with Crippen molar-refractivity contribution >= 4 is 29.3 Å². The second-order valence-corrected chi connectivity index (χ2v) is 10.3. The van der Waals surface area contributed by atoms with Gasteiger partial charge in [0.1, 0.15) is 0 Å². The van der Waals surface area contributed by atoms with Gasteiger partial charge in [-0.2, -0.15) is 4.98 Å². The number of carbonyl (C=O) groups is 2. The summed E-state index contributed by atoms with van der Waals surface area (Å²) >= 11 is 0. The summed E-state index contributed by atoms with van der Waals surface area (Å²) in [5, 5.41) is 14.5. The van der Waals surface area contributed by atoms with Crippen LogP contribution in [-0.4, -0.2) is 46.1 Å². The molecule has 4 N–H and O–H groups in total. The van der Waals surface area contributed by atoms with Gasteiger partial charge in [0.15, 0.2) is 11.5 Å². The minimum absolute atomic E-state index is 0.0279. The van der Waals surface area contributed by atoms with Crippen LogP contribution in [0.5, 0.6) is 0 Å². The summed E-state index contributed by atoms with van der Waals surface area (Å²) in [7, 11) is 0. The molecule has 2 aromatic carbocycles. The molecule has 188 valence electrons. The molecule has 2 heterocycles. The van der Waals surface area contributed by atoms with Crippen LogP contribution >= 0.6 is 0 Å². The van der Waals surface area contributed by atoms with Crippen molar-refractivity contribution in [2.75, 3.05) is 23.3 Å². The first-order chi connectivity index (χ1) is 17.1. The van der Waals surface area contributed by atoms with E-state index >= 15 is 0 Å². The van der Waals surface area contributed by atoms with Crippen LogP contribution in [0.2, 0.25) is 0 Å². The third-order valence-corrected chi connectivity index (χ3v) is 6.28. The molecule has 0 radical (unpaired) electrons. The van der Waals surface area contributed by atoms with Crippen LogP contribution in [0.15, 0.2) is 48.5 Å². The number of aryl methyl sites for hydroxylation is 1. The third kappa shape index (κ3) is 5.97. The fourth-order valence-electron chi connectivity index (χ4n) is 4.15. The number of benzene rings is 2. The van der Waals surface area contributed by atoms with E-state index in [1.165, 1.54) is 5.56 Å². The average Bonchev–Trinajstić information content (AvgIpc) is 2.85. The zero-order valence-electron chi connectivity index (χ0n) is 21.2. The Hall–Kier alpha value is -4.01. The van der Waals surface area contributed by atoms with E-state index in [0.717, 1.165) is 24.1 Å². The number of primary amides is 1. The second kappa shape index (κ2) is 10.3. The van der Waals surface area contributed by atoms with Gasteiger partial charge in [0, 0.05) is 30.4 Å². The molecule has 2 amide bonds. The summed E-state index contributed by atoms with van der Waals surface area (Å²) in [6, 6.07) is 15.4. The molecule has 1 aliphatic rings. The topological polar surface area (TPSA) is 126 Å². The number of amides is 2. The highest BCUT2D eigenvalue weighted by Gasteiger charge is 2.26. The monoisotopic (exact) mass is 487 g/mol. The van der Waals surface area contributed by atoms with Gasteiger partial charge in [0.05, 0.1) is 0 Å². The number of nitrogens with zero attached hydrogens (tertiary/aromatic N) is 4. The molecule has 9 heteroatoms. The summed E-state index contributed by atoms with van der Waals surface area (Å²) < 4.78 is 0. The Morgan fingerprint density at radius 1 is 1.03 bits per heavy atom. The van der Waals surface area contributed by atoms with Gasteiger partial charge in [-0.15, -0.1) is 10.2 Å². The molecule has 0 unspecified atom stereocenters. The lowest BCUT2D eigenvalue weighted by Gasteiger charge is -2.33. The van der Waals surface area contributed by atoms with E-state index in [-0.39, 0.29) is 28.9 Å². The van der Waals surface area contributed by atoms with Gasteiger partial charge >= 0.3 is 0 Å². The van der Waals surface area contributed by atoms with E-state index in [9.17, 15) is 9.59 Å². The van der Waals surface area contributed by atoms with Crippen molar-refractivity contribution in [1.29, 1.82) is 0 Å². The minimum atomic E-state index is -0.711. The number of anilines is 3. The average molecular weight is 488 g/mol. The van der Waals surface area contributed by atoms with Crippen LogP contribution in [-0.2, 0) is 5.41 Å². The molecule has 36 heavy (non-hydrogen) atoms. The first-order valence-electron chi connectivity index (χ1n) is 12.1. The SMILES string of the molecule is Cc1ccc(Nc2nc(N3CCC[C@@H](NC(=O)c4ccc(C(C)(C)C)cc4)C3)nnc2C(N)=O)cc1. The number of carbonyl (C=O) groups excluding carboxylic acids is 2. The lowest BCUT2D eigenvalue weighted by molar-refractivity contribution is 0.0931. The summed E-state index contributed by atoms with van der Waals surface area (Å²) in [5.41, 5.74) is 9.20. The number of piperidine rings is 1. The standard InChI is InChI=1S/C27H33N7O2/c1-17-7-13-20(14-8-17)29-24-22(23(28)35)32-33-26(31-24)34-15-5-6-21(16-34)30-25(36)18-9-11-19(12-10-18)27(2,3)4/h7-14,21H,5-6,15-16H2,1-4H3,(H2,28,35)(H,30,36)(H,29,31,33)/t21-/m1/s1. The Labute approximate surface area is 211 Å². The fraction of sp³-hybridized carbons (Fsp3) is 0.370. The van der Waals surface area contributed by atoms with Crippen LogP contribution in [0.4, 0.5) is 17.5 Å². The van der Waals surface area contributed by atoms with Crippen LogP contribution < -0.4 is 21.3 Å². The molecular weight excluding hydrogens is 454 g/mol. The Bertz CT molecular complexity index is 1230. The quantitative estimate of drug-likeness (QED) is 0.484. The van der Waals surface area contributed by atoms with E-state index in [1.54, 1.807) is 0 Å². The highest BCUT2D eigenvalue weighted by molar-refractivity contribution is 5.96. The fourth-order valence-corrected chi connectivity index (χ4v) is 4.15.